The van der Waals surface area contributed by atoms with Crippen LogP contribution in [0.5, 0.6) is 0 Å². The molecule has 2 aromatic rings. The molecule has 0 saturated carbocycles. The first-order valence-corrected chi connectivity index (χ1v) is 5.42. The second kappa shape index (κ2) is 5.26. The van der Waals surface area contributed by atoms with Gasteiger partial charge in [0.05, 0.1) is 25.1 Å². The third-order valence-corrected chi connectivity index (χ3v) is 2.24. The van der Waals surface area contributed by atoms with Crippen molar-refractivity contribution in [2.75, 3.05) is 5.32 Å². The van der Waals surface area contributed by atoms with Crippen LogP contribution in [-0.2, 0) is 13.0 Å². The maximum atomic E-state index is 10.6. The molecule has 7 nitrogen and oxygen atoms in total. The molecule has 0 spiro atoms. The predicted octanol–water partition coefficient (Wildman–Crippen LogP) is 1.34. The first-order valence-electron chi connectivity index (χ1n) is 5.42. The Bertz CT molecular complexity index is 535. The molecular formula is C11H12N4O3. The number of carboxylic acid groups (broad SMARTS) is 1. The Kier molecular flexibility index (Phi) is 3.52. The van der Waals surface area contributed by atoms with Crippen molar-refractivity contribution in [1.82, 2.24) is 15.0 Å². The van der Waals surface area contributed by atoms with Gasteiger partial charge in [-0.1, -0.05) is 6.92 Å². The minimum absolute atomic E-state index is 0.0926. The van der Waals surface area contributed by atoms with Gasteiger partial charge in [-0.15, -0.1) is 0 Å². The Hall–Kier alpha value is -2.44. The van der Waals surface area contributed by atoms with Crippen LogP contribution in [0.25, 0.3) is 0 Å². The van der Waals surface area contributed by atoms with Crippen LogP contribution >= 0.6 is 0 Å². The maximum absolute atomic E-state index is 10.6. The number of anilines is 1. The van der Waals surface area contributed by atoms with E-state index in [-0.39, 0.29) is 5.69 Å². The van der Waals surface area contributed by atoms with Gasteiger partial charge in [-0.2, -0.15) is 0 Å². The van der Waals surface area contributed by atoms with Gasteiger partial charge in [0.2, 0.25) is 5.89 Å². The number of carbonyl (C=O) groups is 1. The molecule has 2 rings (SSSR count). The fraction of sp³-hybridized carbons (Fsp3) is 0.273. The van der Waals surface area contributed by atoms with Crippen molar-refractivity contribution < 1.29 is 14.3 Å². The molecule has 0 aliphatic carbocycles. The lowest BCUT2D eigenvalue weighted by Crippen LogP contribution is -2.05. The van der Waals surface area contributed by atoms with Crippen LogP contribution in [0.1, 0.15) is 29.1 Å². The molecule has 0 unspecified atom stereocenters. The van der Waals surface area contributed by atoms with Crippen molar-refractivity contribution in [3.63, 3.8) is 0 Å². The Labute approximate surface area is 103 Å². The van der Waals surface area contributed by atoms with Gasteiger partial charge in [0.25, 0.3) is 0 Å². The van der Waals surface area contributed by atoms with Crippen molar-refractivity contribution in [2.24, 2.45) is 0 Å². The van der Waals surface area contributed by atoms with E-state index >= 15 is 0 Å². The van der Waals surface area contributed by atoms with Crippen LogP contribution in [0.2, 0.25) is 0 Å². The molecule has 0 aromatic carbocycles. The van der Waals surface area contributed by atoms with E-state index < -0.39 is 5.97 Å². The first kappa shape index (κ1) is 12.0. The lowest BCUT2D eigenvalue weighted by Gasteiger charge is -2.02. The van der Waals surface area contributed by atoms with Gasteiger partial charge in [0.15, 0.2) is 5.69 Å². The number of hydrogen-bond donors (Lipinski definition) is 2. The predicted molar refractivity (Wildman–Crippen MR) is 62.2 cm³/mol. The molecule has 0 fully saturated rings. The third kappa shape index (κ3) is 2.82. The molecule has 0 aliphatic heterocycles. The lowest BCUT2D eigenvalue weighted by molar-refractivity contribution is 0.0690. The molecule has 2 heterocycles. The van der Waals surface area contributed by atoms with Gasteiger partial charge >= 0.3 is 5.97 Å². The zero-order chi connectivity index (χ0) is 13.0. The van der Waals surface area contributed by atoms with Gasteiger partial charge in [0.1, 0.15) is 11.6 Å². The smallest absolute Gasteiger partial charge is 0.356 e. The second-order valence-corrected chi connectivity index (χ2v) is 3.52. The zero-order valence-corrected chi connectivity index (χ0v) is 9.75. The van der Waals surface area contributed by atoms with Crippen molar-refractivity contribution in [3.8, 4) is 0 Å². The Morgan fingerprint density at radius 3 is 2.72 bits per heavy atom. The summed E-state index contributed by atoms with van der Waals surface area (Å²) in [5.74, 6) is 0.737. The topological polar surface area (TPSA) is 101 Å². The number of carboxylic acids is 1. The molecule has 0 aliphatic rings. The molecule has 7 heteroatoms. The minimum Gasteiger partial charge on any atom is -0.476 e. The van der Waals surface area contributed by atoms with Gasteiger partial charge < -0.3 is 14.8 Å². The molecule has 94 valence electrons. The molecule has 0 amide bonds. The number of oxazole rings is 1. The van der Waals surface area contributed by atoms with E-state index in [0.29, 0.717) is 18.3 Å². The maximum Gasteiger partial charge on any atom is 0.356 e. The highest BCUT2D eigenvalue weighted by Crippen LogP contribution is 2.07. The summed E-state index contributed by atoms with van der Waals surface area (Å²) in [6.07, 6.45) is 5.02. The molecule has 0 saturated heterocycles. The zero-order valence-electron chi connectivity index (χ0n) is 9.75. The highest BCUT2D eigenvalue weighted by Gasteiger charge is 2.06. The number of rotatable bonds is 5. The summed E-state index contributed by atoms with van der Waals surface area (Å²) in [6.45, 7) is 2.36. The van der Waals surface area contributed by atoms with Gasteiger partial charge in [-0.3, -0.25) is 0 Å². The fourth-order valence-corrected chi connectivity index (χ4v) is 1.29. The van der Waals surface area contributed by atoms with Gasteiger partial charge in [-0.25, -0.2) is 19.7 Å². The fourth-order valence-electron chi connectivity index (χ4n) is 1.29. The summed E-state index contributed by atoms with van der Waals surface area (Å²) in [5.41, 5.74) is -0.0926. The number of aryl methyl sites for hydroxylation is 1. The molecular weight excluding hydrogens is 236 g/mol. The SMILES string of the molecule is CCc1cnc(CNc2cnc(C(=O)O)cn2)o1. The van der Waals surface area contributed by atoms with E-state index in [2.05, 4.69) is 20.3 Å². The summed E-state index contributed by atoms with van der Waals surface area (Å²) in [5, 5.41) is 11.6. The third-order valence-electron chi connectivity index (χ3n) is 2.24. The van der Waals surface area contributed by atoms with E-state index in [0.717, 1.165) is 12.2 Å². The van der Waals surface area contributed by atoms with Crippen molar-refractivity contribution >= 4 is 11.8 Å². The van der Waals surface area contributed by atoms with Gasteiger partial charge in [0, 0.05) is 6.42 Å². The monoisotopic (exact) mass is 248 g/mol. The molecule has 18 heavy (non-hydrogen) atoms. The van der Waals surface area contributed by atoms with Gasteiger partial charge in [-0.05, 0) is 0 Å². The minimum atomic E-state index is -1.10. The molecule has 2 aromatic heterocycles. The second-order valence-electron chi connectivity index (χ2n) is 3.52. The van der Waals surface area contributed by atoms with Crippen LogP contribution in [0.4, 0.5) is 5.82 Å². The van der Waals surface area contributed by atoms with Crippen LogP contribution < -0.4 is 5.32 Å². The van der Waals surface area contributed by atoms with Crippen molar-refractivity contribution in [2.45, 2.75) is 19.9 Å². The largest absolute Gasteiger partial charge is 0.476 e. The highest BCUT2D eigenvalue weighted by molar-refractivity contribution is 5.84. The average molecular weight is 248 g/mol. The lowest BCUT2D eigenvalue weighted by atomic mass is 10.4. The molecule has 2 N–H and O–H groups in total. The first-order chi connectivity index (χ1) is 8.69. The Morgan fingerprint density at radius 1 is 1.33 bits per heavy atom. The number of nitrogens with one attached hydrogen (secondary N) is 1. The summed E-state index contributed by atoms with van der Waals surface area (Å²) in [7, 11) is 0. The summed E-state index contributed by atoms with van der Waals surface area (Å²) >= 11 is 0. The van der Waals surface area contributed by atoms with Crippen LogP contribution in [0, 0.1) is 0 Å². The standard InChI is InChI=1S/C11H12N4O3/c1-2-7-3-15-10(18-7)6-14-9-5-12-8(4-13-9)11(16)17/h3-5H,2,6H2,1H3,(H,13,14)(H,16,17). The van der Waals surface area contributed by atoms with Crippen LogP contribution in [0.3, 0.4) is 0 Å². The summed E-state index contributed by atoms with van der Waals surface area (Å²) < 4.78 is 5.40. The number of nitrogens with zero attached hydrogens (tertiary/aromatic N) is 3. The average Bonchev–Trinajstić information content (AvgIpc) is 2.85. The molecule has 0 radical (unpaired) electrons. The summed E-state index contributed by atoms with van der Waals surface area (Å²) in [6, 6.07) is 0. The Morgan fingerprint density at radius 2 is 2.17 bits per heavy atom. The molecule has 0 bridgehead atoms. The van der Waals surface area contributed by atoms with E-state index in [9.17, 15) is 4.79 Å². The van der Waals surface area contributed by atoms with Crippen molar-refractivity contribution in [1.29, 1.82) is 0 Å². The number of hydrogen-bond acceptors (Lipinski definition) is 6. The van der Waals surface area contributed by atoms with Crippen LogP contribution in [0.15, 0.2) is 23.0 Å². The highest BCUT2D eigenvalue weighted by atomic mass is 16.4. The quantitative estimate of drug-likeness (QED) is 0.823. The summed E-state index contributed by atoms with van der Waals surface area (Å²) in [4.78, 5) is 22.3. The number of aromatic nitrogens is 3. The van der Waals surface area contributed by atoms with E-state index in [1.807, 2.05) is 6.92 Å². The van der Waals surface area contributed by atoms with E-state index in [4.69, 9.17) is 9.52 Å². The number of aromatic carboxylic acids is 1. The van der Waals surface area contributed by atoms with E-state index in [1.165, 1.54) is 12.4 Å². The normalized spacial score (nSPS) is 10.3. The van der Waals surface area contributed by atoms with Crippen molar-refractivity contribution in [3.05, 3.63) is 35.9 Å². The van der Waals surface area contributed by atoms with E-state index in [1.54, 1.807) is 6.20 Å². The van der Waals surface area contributed by atoms with Crippen LogP contribution in [-0.4, -0.2) is 26.0 Å². The molecule has 0 atom stereocenters. The Balaban J connectivity index is 1.95.